The van der Waals surface area contributed by atoms with Crippen LogP contribution in [0.1, 0.15) is 0 Å². The summed E-state index contributed by atoms with van der Waals surface area (Å²) >= 11 is 0. The molecule has 0 radical (unpaired) electrons. The van der Waals surface area contributed by atoms with Crippen molar-refractivity contribution in [1.82, 2.24) is 13.7 Å². The number of nitrogens with one attached hydrogen (secondary N) is 1. The summed E-state index contributed by atoms with van der Waals surface area (Å²) in [4.78, 5) is 49.2. The highest BCUT2D eigenvalue weighted by atomic mass is 19.2. The van der Waals surface area contributed by atoms with Crippen molar-refractivity contribution in [3.05, 3.63) is 86.6 Å². The van der Waals surface area contributed by atoms with E-state index >= 15 is 0 Å². The Morgan fingerprint density at radius 1 is 0.926 bits per heavy atom. The van der Waals surface area contributed by atoms with Gasteiger partial charge in [-0.1, -0.05) is 12.2 Å². The van der Waals surface area contributed by atoms with Crippen LogP contribution in [0.25, 0.3) is 0 Å². The standard InChI is InChI=1S/C17H16F2N4O4/c1-3-7-21-15(25)22(8-4-2)17(27)23(16(21)26)10-14(24)20-11-5-6-12(18)13(19)9-11/h3-6,9H,1-2,7-8,10H2,(H,20,24). The topological polar surface area (TPSA) is 95.1 Å². The van der Waals surface area contributed by atoms with Crippen molar-refractivity contribution in [2.75, 3.05) is 5.32 Å². The van der Waals surface area contributed by atoms with Crippen LogP contribution < -0.4 is 22.4 Å². The molecule has 0 aliphatic rings. The van der Waals surface area contributed by atoms with Gasteiger partial charge in [-0.05, 0) is 12.1 Å². The number of carbonyl (C=O) groups excluding carboxylic acids is 1. The highest BCUT2D eigenvalue weighted by Gasteiger charge is 2.17. The number of benzene rings is 1. The third-order valence-electron chi connectivity index (χ3n) is 3.51. The van der Waals surface area contributed by atoms with E-state index in [2.05, 4.69) is 18.5 Å². The van der Waals surface area contributed by atoms with Crippen LogP contribution >= 0.6 is 0 Å². The van der Waals surface area contributed by atoms with Crippen molar-refractivity contribution in [3.63, 3.8) is 0 Å². The molecule has 10 heteroatoms. The van der Waals surface area contributed by atoms with E-state index in [4.69, 9.17) is 0 Å². The average molecular weight is 378 g/mol. The van der Waals surface area contributed by atoms with Gasteiger partial charge < -0.3 is 5.32 Å². The van der Waals surface area contributed by atoms with Crippen molar-refractivity contribution in [2.45, 2.75) is 19.6 Å². The minimum Gasteiger partial charge on any atom is -0.324 e. The molecular weight excluding hydrogens is 362 g/mol. The van der Waals surface area contributed by atoms with Gasteiger partial charge in [-0.15, -0.1) is 13.2 Å². The molecule has 0 unspecified atom stereocenters. The first-order valence-corrected chi connectivity index (χ1v) is 7.71. The monoisotopic (exact) mass is 378 g/mol. The first kappa shape index (κ1) is 19.8. The summed E-state index contributed by atoms with van der Waals surface area (Å²) in [6.07, 6.45) is 2.58. The number of hydrogen-bond donors (Lipinski definition) is 1. The zero-order valence-electron chi connectivity index (χ0n) is 14.2. The highest BCUT2D eigenvalue weighted by molar-refractivity contribution is 5.90. The van der Waals surface area contributed by atoms with Gasteiger partial charge in [0.25, 0.3) is 0 Å². The molecule has 2 rings (SSSR count). The van der Waals surface area contributed by atoms with E-state index in [1.54, 1.807) is 0 Å². The van der Waals surface area contributed by atoms with E-state index in [0.717, 1.165) is 27.3 Å². The number of rotatable bonds is 7. The van der Waals surface area contributed by atoms with E-state index in [-0.39, 0.29) is 18.8 Å². The van der Waals surface area contributed by atoms with Gasteiger partial charge in [0.2, 0.25) is 5.91 Å². The van der Waals surface area contributed by atoms with Gasteiger partial charge in [-0.25, -0.2) is 36.9 Å². The second-order valence-electron chi connectivity index (χ2n) is 5.41. The largest absolute Gasteiger partial charge is 0.337 e. The Morgan fingerprint density at radius 3 is 1.93 bits per heavy atom. The number of allylic oxidation sites excluding steroid dienone is 2. The minimum absolute atomic E-state index is 0.0576. The molecular formula is C17H16F2N4O4. The summed E-state index contributed by atoms with van der Waals surface area (Å²) in [6, 6.07) is 2.69. The van der Waals surface area contributed by atoms with Gasteiger partial charge in [0.15, 0.2) is 11.6 Å². The van der Waals surface area contributed by atoms with E-state index < -0.39 is 41.2 Å². The lowest BCUT2D eigenvalue weighted by atomic mass is 10.3. The zero-order valence-corrected chi connectivity index (χ0v) is 14.2. The number of aromatic nitrogens is 3. The maximum atomic E-state index is 13.2. The summed E-state index contributed by atoms with van der Waals surface area (Å²) in [5.41, 5.74) is -2.91. The molecule has 0 atom stereocenters. The van der Waals surface area contributed by atoms with Crippen LogP contribution in [0.4, 0.5) is 14.5 Å². The van der Waals surface area contributed by atoms with Gasteiger partial charge in [0, 0.05) is 11.8 Å². The molecule has 0 fully saturated rings. The fraction of sp³-hybridized carbons (Fsp3) is 0.176. The average Bonchev–Trinajstić information content (AvgIpc) is 2.62. The smallest absolute Gasteiger partial charge is 0.324 e. The second kappa shape index (κ2) is 8.21. The molecule has 0 saturated carbocycles. The molecule has 0 aliphatic carbocycles. The number of amides is 1. The van der Waals surface area contributed by atoms with Crippen molar-refractivity contribution in [2.24, 2.45) is 0 Å². The van der Waals surface area contributed by atoms with Crippen LogP contribution in [-0.2, 0) is 24.4 Å². The van der Waals surface area contributed by atoms with E-state index in [0.29, 0.717) is 4.57 Å². The molecule has 0 aliphatic heterocycles. The number of hydrogen-bond acceptors (Lipinski definition) is 4. The maximum absolute atomic E-state index is 13.2. The Bertz CT molecular complexity index is 1030. The fourth-order valence-corrected chi connectivity index (χ4v) is 2.31. The van der Waals surface area contributed by atoms with Gasteiger partial charge in [0.1, 0.15) is 6.54 Å². The SMILES string of the molecule is C=CCn1c(=O)n(CC=C)c(=O)n(CC(=O)Nc2ccc(F)c(F)c2)c1=O. The molecule has 1 N–H and O–H groups in total. The molecule has 142 valence electrons. The lowest BCUT2D eigenvalue weighted by Crippen LogP contribution is -2.55. The van der Waals surface area contributed by atoms with Crippen molar-refractivity contribution < 1.29 is 13.6 Å². The molecule has 8 nitrogen and oxygen atoms in total. The summed E-state index contributed by atoms with van der Waals surface area (Å²) in [7, 11) is 0. The van der Waals surface area contributed by atoms with Crippen molar-refractivity contribution >= 4 is 11.6 Å². The van der Waals surface area contributed by atoms with E-state index in [1.165, 1.54) is 12.2 Å². The molecule has 1 aromatic carbocycles. The van der Waals surface area contributed by atoms with Gasteiger partial charge >= 0.3 is 17.1 Å². The fourth-order valence-electron chi connectivity index (χ4n) is 2.31. The third-order valence-corrected chi connectivity index (χ3v) is 3.51. The Morgan fingerprint density at radius 2 is 1.44 bits per heavy atom. The third kappa shape index (κ3) is 4.17. The summed E-state index contributed by atoms with van der Waals surface area (Å²) in [5, 5.41) is 2.25. The van der Waals surface area contributed by atoms with Crippen molar-refractivity contribution in [1.29, 1.82) is 0 Å². The van der Waals surface area contributed by atoms with Gasteiger partial charge in [0.05, 0.1) is 13.1 Å². The summed E-state index contributed by atoms with van der Waals surface area (Å²) < 4.78 is 28.2. The quantitative estimate of drug-likeness (QED) is 0.708. The number of halogens is 2. The zero-order chi connectivity index (χ0) is 20.1. The van der Waals surface area contributed by atoms with Crippen LogP contribution in [0.2, 0.25) is 0 Å². The van der Waals surface area contributed by atoms with Crippen LogP contribution in [0.3, 0.4) is 0 Å². The number of anilines is 1. The van der Waals surface area contributed by atoms with Gasteiger partial charge in [-0.3, -0.25) is 4.79 Å². The predicted octanol–water partition coefficient (Wildman–Crippen LogP) is 0.461. The Hall–Kier alpha value is -3.56. The Balaban J connectivity index is 2.43. The van der Waals surface area contributed by atoms with Crippen LogP contribution in [0, 0.1) is 11.6 Å². The highest BCUT2D eigenvalue weighted by Crippen LogP contribution is 2.12. The van der Waals surface area contributed by atoms with Gasteiger partial charge in [-0.2, -0.15) is 0 Å². The molecule has 1 aromatic heterocycles. The first-order chi connectivity index (χ1) is 12.8. The van der Waals surface area contributed by atoms with Crippen molar-refractivity contribution in [3.8, 4) is 0 Å². The molecule has 1 amide bonds. The Labute approximate surface area is 151 Å². The first-order valence-electron chi connectivity index (χ1n) is 7.71. The number of nitrogens with zero attached hydrogens (tertiary/aromatic N) is 3. The summed E-state index contributed by atoms with van der Waals surface area (Å²) in [5.74, 6) is -3.10. The van der Waals surface area contributed by atoms with E-state index in [1.807, 2.05) is 0 Å². The minimum atomic E-state index is -1.17. The molecule has 2 aromatic rings. The summed E-state index contributed by atoms with van der Waals surface area (Å²) in [6.45, 7) is 5.81. The Kier molecular flexibility index (Phi) is 6.01. The van der Waals surface area contributed by atoms with Crippen LogP contribution in [0.5, 0.6) is 0 Å². The normalized spacial score (nSPS) is 10.4. The molecule has 0 bridgehead atoms. The molecule has 0 spiro atoms. The number of carbonyl (C=O) groups is 1. The lowest BCUT2D eigenvalue weighted by molar-refractivity contribution is -0.116. The molecule has 1 heterocycles. The second-order valence-corrected chi connectivity index (χ2v) is 5.41. The van der Waals surface area contributed by atoms with Crippen LogP contribution in [0.15, 0.2) is 57.9 Å². The lowest BCUT2D eigenvalue weighted by Gasteiger charge is -2.12. The predicted molar refractivity (Wildman–Crippen MR) is 94.6 cm³/mol. The molecule has 27 heavy (non-hydrogen) atoms. The van der Waals surface area contributed by atoms with E-state index in [9.17, 15) is 28.0 Å². The maximum Gasteiger partial charge on any atom is 0.337 e. The van der Waals surface area contributed by atoms with Crippen LogP contribution in [-0.4, -0.2) is 19.6 Å². The molecule has 0 saturated heterocycles.